The number of hydrogen-bond acceptors (Lipinski definition) is 7. The largest absolute Gasteiger partial charge is 0.487 e. The molecule has 0 spiro atoms. The zero-order chi connectivity index (χ0) is 29.0. The molecule has 13 heteroatoms. The Balaban J connectivity index is 1.31. The van der Waals surface area contributed by atoms with E-state index in [1.807, 2.05) is 0 Å². The number of ether oxygens (including phenoxy) is 5. The fourth-order valence-corrected chi connectivity index (χ4v) is 4.27. The molecule has 0 radical (unpaired) electrons. The Labute approximate surface area is 237 Å². The molecule has 0 fully saturated rings. The van der Waals surface area contributed by atoms with Crippen molar-refractivity contribution in [3.05, 3.63) is 71.4 Å². The number of urea groups is 1. The van der Waals surface area contributed by atoms with Gasteiger partial charge in [-0.25, -0.2) is 4.79 Å². The van der Waals surface area contributed by atoms with E-state index >= 15 is 0 Å². The third-order valence-electron chi connectivity index (χ3n) is 5.86. The van der Waals surface area contributed by atoms with Crippen molar-refractivity contribution in [3.8, 4) is 28.7 Å². The monoisotopic (exact) mass is 589 g/mol. The Morgan fingerprint density at radius 3 is 2.39 bits per heavy atom. The first-order valence-corrected chi connectivity index (χ1v) is 12.7. The average molecular weight is 590 g/mol. The van der Waals surface area contributed by atoms with E-state index in [1.165, 1.54) is 6.07 Å². The molecule has 214 valence electrons. The van der Waals surface area contributed by atoms with Crippen LogP contribution in [-0.2, 0) is 10.9 Å². The molecule has 1 aliphatic rings. The van der Waals surface area contributed by atoms with E-state index in [1.54, 1.807) is 49.7 Å². The van der Waals surface area contributed by atoms with Crippen LogP contribution in [0, 0.1) is 0 Å². The number of benzene rings is 3. The zero-order valence-corrected chi connectivity index (χ0v) is 22.3. The minimum atomic E-state index is -4.65. The summed E-state index contributed by atoms with van der Waals surface area (Å²) in [4.78, 5) is 16.8. The summed E-state index contributed by atoms with van der Waals surface area (Å²) in [6.45, 7) is 1.42. The van der Waals surface area contributed by atoms with E-state index in [-0.39, 0.29) is 5.69 Å². The van der Waals surface area contributed by atoms with Gasteiger partial charge in [-0.3, -0.25) is 4.98 Å². The van der Waals surface area contributed by atoms with Gasteiger partial charge < -0.3 is 34.3 Å². The Morgan fingerprint density at radius 1 is 0.951 bits per heavy atom. The lowest BCUT2D eigenvalue weighted by Gasteiger charge is -2.23. The van der Waals surface area contributed by atoms with Gasteiger partial charge in [0, 0.05) is 30.7 Å². The van der Waals surface area contributed by atoms with Gasteiger partial charge in [-0.05, 0) is 48.5 Å². The molecule has 0 unspecified atom stereocenters. The lowest BCUT2D eigenvalue weighted by molar-refractivity contribution is -0.137. The van der Waals surface area contributed by atoms with E-state index in [0.717, 1.165) is 12.1 Å². The SMILES string of the molecule is COCCOc1cc2nccc(Oc3ccc(NC(=O)Nc4ccc(Cl)c(C(F)(F)F)c4)cc3)c2c2c1OCCO2. The second kappa shape index (κ2) is 12.0. The summed E-state index contributed by atoms with van der Waals surface area (Å²) in [5.41, 5.74) is -0.155. The maximum atomic E-state index is 13.1. The predicted octanol–water partition coefficient (Wildman–Crippen LogP) is 7.14. The van der Waals surface area contributed by atoms with Crippen molar-refractivity contribution in [3.63, 3.8) is 0 Å². The van der Waals surface area contributed by atoms with Crippen LogP contribution >= 0.6 is 11.6 Å². The number of aromatic nitrogens is 1. The molecule has 2 N–H and O–H groups in total. The number of rotatable bonds is 8. The Kier molecular flexibility index (Phi) is 8.22. The van der Waals surface area contributed by atoms with Gasteiger partial charge in [0.15, 0.2) is 11.5 Å². The van der Waals surface area contributed by atoms with Crippen LogP contribution in [0.25, 0.3) is 10.9 Å². The molecule has 5 rings (SSSR count). The second-order valence-corrected chi connectivity index (χ2v) is 9.08. The summed E-state index contributed by atoms with van der Waals surface area (Å²) in [7, 11) is 1.58. The smallest absolute Gasteiger partial charge is 0.417 e. The molecular formula is C28H23ClF3N3O6. The lowest BCUT2D eigenvalue weighted by Crippen LogP contribution is -2.19. The van der Waals surface area contributed by atoms with Crippen molar-refractivity contribution in [2.24, 2.45) is 0 Å². The molecule has 1 aliphatic heterocycles. The average Bonchev–Trinajstić information content (AvgIpc) is 2.94. The van der Waals surface area contributed by atoms with E-state index < -0.39 is 22.8 Å². The summed E-state index contributed by atoms with van der Waals surface area (Å²) in [6, 6.07) is 12.2. The van der Waals surface area contributed by atoms with Crippen LogP contribution < -0.4 is 29.6 Å². The minimum Gasteiger partial charge on any atom is -0.487 e. The van der Waals surface area contributed by atoms with Crippen LogP contribution in [0.4, 0.5) is 29.3 Å². The zero-order valence-electron chi connectivity index (χ0n) is 21.5. The van der Waals surface area contributed by atoms with Crippen LogP contribution in [0.1, 0.15) is 5.56 Å². The molecule has 9 nitrogen and oxygen atoms in total. The van der Waals surface area contributed by atoms with Crippen LogP contribution in [0.3, 0.4) is 0 Å². The highest BCUT2D eigenvalue weighted by Crippen LogP contribution is 2.48. The van der Waals surface area contributed by atoms with Gasteiger partial charge in [0.25, 0.3) is 0 Å². The Morgan fingerprint density at radius 2 is 1.66 bits per heavy atom. The quantitative estimate of drug-likeness (QED) is 0.211. The van der Waals surface area contributed by atoms with Crippen LogP contribution in [0.5, 0.6) is 28.7 Å². The fraction of sp³-hybridized carbons (Fsp3) is 0.214. The summed E-state index contributed by atoms with van der Waals surface area (Å²) in [5.74, 6) is 2.29. The van der Waals surface area contributed by atoms with Gasteiger partial charge >= 0.3 is 12.2 Å². The van der Waals surface area contributed by atoms with Crippen molar-refractivity contribution in [1.29, 1.82) is 0 Å². The molecule has 3 aromatic carbocycles. The van der Waals surface area contributed by atoms with Crippen molar-refractivity contribution < 1.29 is 41.7 Å². The number of alkyl halides is 3. The third kappa shape index (κ3) is 6.50. The highest BCUT2D eigenvalue weighted by Gasteiger charge is 2.33. The normalized spacial score (nSPS) is 12.6. The van der Waals surface area contributed by atoms with Crippen molar-refractivity contribution >= 4 is 39.9 Å². The molecule has 0 bridgehead atoms. The van der Waals surface area contributed by atoms with Crippen molar-refractivity contribution in [2.45, 2.75) is 6.18 Å². The second-order valence-electron chi connectivity index (χ2n) is 8.67. The summed E-state index contributed by atoms with van der Waals surface area (Å²) < 4.78 is 68.1. The lowest BCUT2D eigenvalue weighted by atomic mass is 10.1. The Bertz CT molecular complexity index is 1570. The van der Waals surface area contributed by atoms with E-state index in [0.29, 0.717) is 71.8 Å². The number of pyridine rings is 1. The van der Waals surface area contributed by atoms with E-state index in [4.69, 9.17) is 35.3 Å². The maximum absolute atomic E-state index is 13.1. The summed E-state index contributed by atoms with van der Waals surface area (Å²) >= 11 is 5.63. The predicted molar refractivity (Wildman–Crippen MR) is 146 cm³/mol. The first kappa shape index (κ1) is 28.1. The van der Waals surface area contributed by atoms with Crippen LogP contribution in [0.2, 0.25) is 5.02 Å². The standard InChI is InChI=1S/C28H23ClF3N3O6/c1-37-10-11-38-23-15-21-24(26-25(23)39-12-13-40-26)22(8-9-33-21)41-18-5-2-16(3-6-18)34-27(36)35-17-4-7-20(29)19(14-17)28(30,31)32/h2-9,14-15H,10-13H2,1H3,(H2,34,35,36). The van der Waals surface area contributed by atoms with Gasteiger partial charge in [0.2, 0.25) is 5.75 Å². The molecular weight excluding hydrogens is 567 g/mol. The molecule has 1 aromatic heterocycles. The van der Waals surface area contributed by atoms with E-state index in [2.05, 4.69) is 15.6 Å². The molecule has 41 heavy (non-hydrogen) atoms. The molecule has 4 aromatic rings. The number of fused-ring (bicyclic) bond motifs is 3. The fourth-order valence-electron chi connectivity index (χ4n) is 4.05. The number of anilines is 2. The number of carbonyl (C=O) groups excluding carboxylic acids is 1. The third-order valence-corrected chi connectivity index (χ3v) is 6.19. The van der Waals surface area contributed by atoms with Crippen molar-refractivity contribution in [1.82, 2.24) is 4.98 Å². The topological polar surface area (TPSA) is 100 Å². The summed E-state index contributed by atoms with van der Waals surface area (Å²) in [5, 5.41) is 5.07. The highest BCUT2D eigenvalue weighted by molar-refractivity contribution is 6.31. The van der Waals surface area contributed by atoms with Crippen LogP contribution in [-0.4, -0.2) is 44.6 Å². The number of nitrogens with one attached hydrogen (secondary N) is 2. The first-order chi connectivity index (χ1) is 19.7. The highest BCUT2D eigenvalue weighted by atomic mass is 35.5. The Hall–Kier alpha value is -4.42. The minimum absolute atomic E-state index is 0.0643. The van der Waals surface area contributed by atoms with Gasteiger partial charge in [0.1, 0.15) is 31.3 Å². The number of carbonyl (C=O) groups is 1. The molecule has 0 atom stereocenters. The molecule has 2 heterocycles. The van der Waals surface area contributed by atoms with Gasteiger partial charge in [-0.1, -0.05) is 11.6 Å². The molecule has 0 aliphatic carbocycles. The van der Waals surface area contributed by atoms with E-state index in [9.17, 15) is 18.0 Å². The van der Waals surface area contributed by atoms with Gasteiger partial charge in [-0.2, -0.15) is 13.2 Å². The molecule has 0 saturated carbocycles. The number of hydrogen-bond donors (Lipinski definition) is 2. The van der Waals surface area contributed by atoms with Crippen molar-refractivity contribution in [2.75, 3.05) is 44.2 Å². The number of amides is 2. The molecule has 0 saturated heterocycles. The van der Waals surface area contributed by atoms with Crippen LogP contribution in [0.15, 0.2) is 60.8 Å². The number of nitrogens with zero attached hydrogens (tertiary/aromatic N) is 1. The number of halogens is 4. The number of methoxy groups -OCH3 is 1. The first-order valence-electron chi connectivity index (χ1n) is 12.3. The summed E-state index contributed by atoms with van der Waals surface area (Å²) in [6.07, 6.45) is -3.06. The van der Waals surface area contributed by atoms with Gasteiger partial charge in [-0.15, -0.1) is 0 Å². The van der Waals surface area contributed by atoms with Gasteiger partial charge in [0.05, 0.1) is 28.1 Å². The molecule has 2 amide bonds. The maximum Gasteiger partial charge on any atom is 0.417 e.